The van der Waals surface area contributed by atoms with Crippen molar-refractivity contribution in [1.29, 1.82) is 0 Å². The molecule has 8 heteroatoms. The third-order valence-corrected chi connectivity index (χ3v) is 7.67. The fourth-order valence-corrected chi connectivity index (χ4v) is 6.40. The van der Waals surface area contributed by atoms with Crippen LogP contribution >= 0.6 is 34.4 Å². The summed E-state index contributed by atoms with van der Waals surface area (Å²) in [6.45, 7) is 5.51. The maximum Gasteiger partial charge on any atom is 0.348 e. The SMILES string of the molecule is COC(=O)c1sc2c(C(=O)OC(C)(C)C)c(SC)sc2c1-c1ccc(OC)cc1. The van der Waals surface area contributed by atoms with E-state index in [1.165, 1.54) is 41.5 Å². The zero-order valence-electron chi connectivity index (χ0n) is 17.1. The molecule has 2 aromatic heterocycles. The van der Waals surface area contributed by atoms with Crippen LogP contribution in [0.4, 0.5) is 0 Å². The van der Waals surface area contributed by atoms with Gasteiger partial charge in [0.2, 0.25) is 0 Å². The van der Waals surface area contributed by atoms with Crippen molar-refractivity contribution in [2.45, 2.75) is 30.6 Å². The molecule has 0 saturated carbocycles. The van der Waals surface area contributed by atoms with Crippen molar-refractivity contribution in [2.75, 3.05) is 20.5 Å². The highest BCUT2D eigenvalue weighted by Gasteiger charge is 2.30. The lowest BCUT2D eigenvalue weighted by molar-refractivity contribution is 0.00689. The first-order valence-electron chi connectivity index (χ1n) is 8.79. The molecule has 0 N–H and O–H groups in total. The molecule has 2 heterocycles. The topological polar surface area (TPSA) is 61.8 Å². The molecule has 0 radical (unpaired) electrons. The minimum atomic E-state index is -0.609. The monoisotopic (exact) mass is 450 g/mol. The summed E-state index contributed by atoms with van der Waals surface area (Å²) in [5.41, 5.74) is 1.54. The fourth-order valence-electron chi connectivity index (χ4n) is 2.82. The van der Waals surface area contributed by atoms with E-state index >= 15 is 0 Å². The second kappa shape index (κ2) is 8.38. The first kappa shape index (κ1) is 21.7. The molecule has 0 spiro atoms. The van der Waals surface area contributed by atoms with E-state index in [-0.39, 0.29) is 5.97 Å². The number of rotatable bonds is 5. The minimum Gasteiger partial charge on any atom is -0.497 e. The number of carbonyl (C=O) groups is 2. The molecule has 3 aromatic rings. The molecule has 0 aliphatic heterocycles. The number of fused-ring (bicyclic) bond motifs is 1. The summed E-state index contributed by atoms with van der Waals surface area (Å²) >= 11 is 4.26. The molecule has 0 atom stereocenters. The van der Waals surface area contributed by atoms with Gasteiger partial charge in [-0.05, 0) is 44.7 Å². The fraction of sp³-hybridized carbons (Fsp3) is 0.333. The van der Waals surface area contributed by atoms with Gasteiger partial charge in [-0.1, -0.05) is 12.1 Å². The third-order valence-electron chi connectivity index (χ3n) is 4.03. The zero-order chi connectivity index (χ0) is 21.3. The molecule has 0 aliphatic carbocycles. The smallest absolute Gasteiger partial charge is 0.348 e. The lowest BCUT2D eigenvalue weighted by atomic mass is 10.1. The van der Waals surface area contributed by atoms with Crippen molar-refractivity contribution in [2.24, 2.45) is 0 Å². The van der Waals surface area contributed by atoms with Gasteiger partial charge in [-0.25, -0.2) is 9.59 Å². The Kier molecular flexibility index (Phi) is 6.26. The number of carbonyl (C=O) groups excluding carboxylic acids is 2. The molecule has 5 nitrogen and oxygen atoms in total. The van der Waals surface area contributed by atoms with Crippen LogP contribution in [0.2, 0.25) is 0 Å². The van der Waals surface area contributed by atoms with Gasteiger partial charge in [0.1, 0.15) is 21.8 Å². The van der Waals surface area contributed by atoms with E-state index < -0.39 is 11.6 Å². The van der Waals surface area contributed by atoms with Crippen LogP contribution in [0.3, 0.4) is 0 Å². The number of thioether (sulfide) groups is 1. The molecule has 0 fully saturated rings. The van der Waals surface area contributed by atoms with Crippen molar-refractivity contribution < 1.29 is 23.8 Å². The van der Waals surface area contributed by atoms with E-state index in [1.54, 1.807) is 7.11 Å². The molecular weight excluding hydrogens is 428 g/mol. The number of thiophene rings is 2. The predicted octanol–water partition coefficient (Wildman–Crippen LogP) is 6.10. The van der Waals surface area contributed by atoms with Crippen LogP contribution in [0.25, 0.3) is 20.5 Å². The molecule has 3 rings (SSSR count). The molecule has 0 unspecified atom stereocenters. The Labute approximate surface area is 182 Å². The van der Waals surface area contributed by atoms with E-state index in [9.17, 15) is 9.59 Å². The van der Waals surface area contributed by atoms with Gasteiger partial charge in [0.25, 0.3) is 0 Å². The Bertz CT molecular complexity index is 1050. The van der Waals surface area contributed by atoms with Crippen LogP contribution in [0.1, 0.15) is 40.8 Å². The summed E-state index contributed by atoms with van der Waals surface area (Å²) in [4.78, 5) is 25.9. The van der Waals surface area contributed by atoms with E-state index in [0.717, 1.165) is 30.5 Å². The number of ether oxygens (including phenoxy) is 3. The average molecular weight is 451 g/mol. The van der Waals surface area contributed by atoms with E-state index in [2.05, 4.69) is 0 Å². The van der Waals surface area contributed by atoms with Crippen LogP contribution in [0, 0.1) is 0 Å². The number of esters is 2. The molecule has 0 aliphatic rings. The first-order chi connectivity index (χ1) is 13.7. The molecule has 0 amide bonds. The lowest BCUT2D eigenvalue weighted by Crippen LogP contribution is -2.23. The largest absolute Gasteiger partial charge is 0.497 e. The van der Waals surface area contributed by atoms with Crippen LogP contribution in [0.15, 0.2) is 28.5 Å². The maximum absolute atomic E-state index is 12.9. The minimum absolute atomic E-state index is 0.382. The molecule has 154 valence electrons. The van der Waals surface area contributed by atoms with Crippen LogP contribution in [-0.4, -0.2) is 38.0 Å². The summed E-state index contributed by atoms with van der Waals surface area (Å²) in [7, 11) is 2.96. The maximum atomic E-state index is 12.9. The summed E-state index contributed by atoms with van der Waals surface area (Å²) in [6, 6.07) is 7.49. The Morgan fingerprint density at radius 2 is 1.62 bits per heavy atom. The van der Waals surface area contributed by atoms with Crippen LogP contribution in [0.5, 0.6) is 5.75 Å². The van der Waals surface area contributed by atoms with Gasteiger partial charge < -0.3 is 14.2 Å². The summed E-state index contributed by atoms with van der Waals surface area (Å²) in [6.07, 6.45) is 1.93. The van der Waals surface area contributed by atoms with Crippen molar-refractivity contribution in [3.05, 3.63) is 34.7 Å². The predicted molar refractivity (Wildman–Crippen MR) is 120 cm³/mol. The first-order valence-corrected chi connectivity index (χ1v) is 11.6. The Morgan fingerprint density at radius 1 is 0.966 bits per heavy atom. The standard InChI is InChI=1S/C21H22O5S3/c1-21(2,3)26-18(22)14-16-15(29-20(14)27-6)13(17(28-16)19(23)25-5)11-7-9-12(24-4)10-8-11/h7-10H,1-6H3. The molecular formula is C21H22O5S3. The number of hydrogen-bond acceptors (Lipinski definition) is 8. The van der Waals surface area contributed by atoms with Gasteiger partial charge in [0, 0.05) is 5.56 Å². The van der Waals surface area contributed by atoms with Crippen molar-refractivity contribution in [1.82, 2.24) is 0 Å². The summed E-state index contributed by atoms with van der Waals surface area (Å²) in [5, 5.41) is 0. The highest BCUT2D eigenvalue weighted by atomic mass is 32.2. The normalized spacial score (nSPS) is 11.5. The Balaban J connectivity index is 2.26. The molecule has 1 aromatic carbocycles. The molecule has 0 bridgehead atoms. The quantitative estimate of drug-likeness (QED) is 0.346. The van der Waals surface area contributed by atoms with Gasteiger partial charge in [-0.3, -0.25) is 0 Å². The lowest BCUT2D eigenvalue weighted by Gasteiger charge is -2.19. The highest BCUT2D eigenvalue weighted by Crippen LogP contribution is 2.49. The number of benzene rings is 1. The summed E-state index contributed by atoms with van der Waals surface area (Å²) < 4.78 is 18.4. The second-order valence-corrected chi connectivity index (χ2v) is 10.3. The second-order valence-electron chi connectivity index (χ2n) is 7.16. The average Bonchev–Trinajstić information content (AvgIpc) is 3.21. The molecule has 0 saturated heterocycles. The highest BCUT2D eigenvalue weighted by molar-refractivity contribution is 8.00. The Morgan fingerprint density at radius 3 is 2.14 bits per heavy atom. The van der Waals surface area contributed by atoms with Gasteiger partial charge in [-0.15, -0.1) is 34.4 Å². The third kappa shape index (κ3) is 4.29. The van der Waals surface area contributed by atoms with Gasteiger partial charge >= 0.3 is 11.9 Å². The van der Waals surface area contributed by atoms with E-state index in [4.69, 9.17) is 14.2 Å². The van der Waals surface area contributed by atoms with Gasteiger partial charge in [0.15, 0.2) is 0 Å². The van der Waals surface area contributed by atoms with Gasteiger partial charge in [-0.2, -0.15) is 0 Å². The number of hydrogen-bond donors (Lipinski definition) is 0. The van der Waals surface area contributed by atoms with E-state index in [1.807, 2.05) is 51.3 Å². The van der Waals surface area contributed by atoms with Gasteiger partial charge in [0.05, 0.1) is 27.8 Å². The zero-order valence-corrected chi connectivity index (χ0v) is 19.5. The van der Waals surface area contributed by atoms with Crippen molar-refractivity contribution >= 4 is 55.8 Å². The Hall–Kier alpha value is -2.03. The van der Waals surface area contributed by atoms with E-state index in [0.29, 0.717) is 10.4 Å². The van der Waals surface area contributed by atoms with Crippen LogP contribution in [-0.2, 0) is 9.47 Å². The van der Waals surface area contributed by atoms with Crippen molar-refractivity contribution in [3.63, 3.8) is 0 Å². The molecule has 29 heavy (non-hydrogen) atoms. The summed E-state index contributed by atoms with van der Waals surface area (Å²) in [5.74, 6) is -0.0811. The van der Waals surface area contributed by atoms with Crippen LogP contribution < -0.4 is 4.74 Å². The van der Waals surface area contributed by atoms with Crippen molar-refractivity contribution in [3.8, 4) is 16.9 Å². The number of methoxy groups -OCH3 is 2.